The van der Waals surface area contributed by atoms with E-state index in [1.165, 1.54) is 61.7 Å². The Morgan fingerprint density at radius 1 is 0.841 bits per heavy atom. The summed E-state index contributed by atoms with van der Waals surface area (Å²) in [6, 6.07) is 10.5. The highest BCUT2D eigenvalue weighted by atomic mass is 16.7. The second-order valence-electron chi connectivity index (χ2n) is 18.2. The number of nitrogens with zero attached hydrogens (tertiary/aromatic N) is 1. The number of hydrogen-bond acceptors (Lipinski definition) is 15. The van der Waals surface area contributed by atoms with Gasteiger partial charge in [-0.2, -0.15) is 0 Å². The molecule has 19 heteroatoms. The Morgan fingerprint density at radius 2 is 1.54 bits per heavy atom. The molecule has 4 rings (SSSR count). The number of carbonyl (C=O) groups excluding carboxylic acids is 7. The molecule has 0 aliphatic heterocycles. The smallest absolute Gasteiger partial charge is 0.412 e. The topological polar surface area (TPSA) is 260 Å². The summed E-state index contributed by atoms with van der Waals surface area (Å²) in [6.45, 7) is 15.5. The van der Waals surface area contributed by atoms with Gasteiger partial charge in [0.2, 0.25) is 6.79 Å². The minimum Gasteiger partial charge on any atom is -0.496 e. The molecule has 0 radical (unpaired) electrons. The summed E-state index contributed by atoms with van der Waals surface area (Å²) in [7, 11) is 1.40. The number of benzene rings is 2. The zero-order valence-electron chi connectivity index (χ0n) is 40.6. The second kappa shape index (κ2) is 25.2. The van der Waals surface area contributed by atoms with Crippen molar-refractivity contribution < 1.29 is 62.0 Å². The number of methoxy groups -OCH3 is 1. The number of esters is 3. The lowest BCUT2D eigenvalue weighted by molar-refractivity contribution is -0.157. The molecule has 0 saturated heterocycles. The van der Waals surface area contributed by atoms with E-state index in [0.29, 0.717) is 35.7 Å². The van der Waals surface area contributed by atoms with Crippen LogP contribution in [0.5, 0.6) is 5.75 Å². The van der Waals surface area contributed by atoms with E-state index in [0.717, 1.165) is 32.1 Å². The Bertz CT molecular complexity index is 2370. The van der Waals surface area contributed by atoms with Gasteiger partial charge < -0.3 is 44.4 Å². The molecule has 0 bridgehead atoms. The molecule has 1 saturated carbocycles. The number of pyridine rings is 1. The van der Waals surface area contributed by atoms with Gasteiger partial charge in [-0.15, -0.1) is 0 Å². The Hall–Kier alpha value is -7.31. The Morgan fingerprint density at radius 3 is 2.16 bits per heavy atom. The molecular formula is C50H64N6O13. The van der Waals surface area contributed by atoms with Gasteiger partial charge in [0.15, 0.2) is 5.69 Å². The van der Waals surface area contributed by atoms with E-state index < -0.39 is 71.6 Å². The third-order valence-corrected chi connectivity index (χ3v) is 10.0. The number of amidine groups is 1. The lowest BCUT2D eigenvalue weighted by Gasteiger charge is -2.23. The van der Waals surface area contributed by atoms with Crippen LogP contribution in [0, 0.1) is 11.3 Å². The summed E-state index contributed by atoms with van der Waals surface area (Å²) in [4.78, 5) is 96.8. The second-order valence-corrected chi connectivity index (χ2v) is 18.2. The molecular weight excluding hydrogens is 893 g/mol. The highest BCUT2D eigenvalue weighted by molar-refractivity contribution is 6.11. The van der Waals surface area contributed by atoms with Crippen molar-refractivity contribution in [3.8, 4) is 16.9 Å². The van der Waals surface area contributed by atoms with Crippen molar-refractivity contribution in [2.75, 3.05) is 32.4 Å². The maximum atomic E-state index is 14.2. The van der Waals surface area contributed by atoms with Gasteiger partial charge in [0.05, 0.1) is 13.7 Å². The Labute approximate surface area is 402 Å². The molecule has 69 heavy (non-hydrogen) atoms. The van der Waals surface area contributed by atoms with Crippen molar-refractivity contribution in [3.63, 3.8) is 0 Å². The number of unbranched alkanes of at least 4 members (excludes halogenated alkanes) is 3. The number of carbonyl (C=O) groups is 7. The first-order valence-corrected chi connectivity index (χ1v) is 22.7. The SMILES string of the molecule is C=Cc1cc(C(=O)Nc2ccc(C(=N)NC(=O)OCCCCCC)cc2)c(-c2ccc(C(=O)NCC3CC3)nc2C(=O)OCOC(=O)C(CCC(=O)OC(C)(C)C)NC(=O)OC(C)(C)C)cc1OC. The van der Waals surface area contributed by atoms with Crippen LogP contribution in [0.3, 0.4) is 0 Å². The zero-order chi connectivity index (χ0) is 50.9. The summed E-state index contributed by atoms with van der Waals surface area (Å²) < 4.78 is 32.1. The minimum atomic E-state index is -1.43. The lowest BCUT2D eigenvalue weighted by Crippen LogP contribution is -2.45. The van der Waals surface area contributed by atoms with Crippen molar-refractivity contribution in [2.24, 2.45) is 5.92 Å². The molecule has 0 spiro atoms. The van der Waals surface area contributed by atoms with E-state index >= 15 is 0 Å². The normalized spacial score (nSPS) is 12.6. The molecule has 1 atom stereocenters. The van der Waals surface area contributed by atoms with Gasteiger partial charge in [-0.3, -0.25) is 25.1 Å². The molecule has 1 aliphatic carbocycles. The summed E-state index contributed by atoms with van der Waals surface area (Å²) in [5.74, 6) is -3.71. The summed E-state index contributed by atoms with van der Waals surface area (Å²) in [5, 5.41) is 18.7. The number of ether oxygens (including phenoxy) is 6. The maximum absolute atomic E-state index is 14.2. The molecule has 1 aromatic heterocycles. The molecule has 1 heterocycles. The number of anilines is 1. The molecule has 2 aromatic carbocycles. The fraction of sp³-hybridized carbons (Fsp3) is 0.460. The molecule has 3 aromatic rings. The predicted octanol–water partition coefficient (Wildman–Crippen LogP) is 8.10. The highest BCUT2D eigenvalue weighted by Crippen LogP contribution is 2.35. The lowest BCUT2D eigenvalue weighted by atomic mass is 9.94. The fourth-order valence-electron chi connectivity index (χ4n) is 6.44. The summed E-state index contributed by atoms with van der Waals surface area (Å²) in [6.07, 6.45) is 4.86. The Balaban J connectivity index is 1.61. The molecule has 19 nitrogen and oxygen atoms in total. The number of rotatable bonds is 22. The number of alkyl carbamates (subject to hydrolysis) is 2. The molecule has 372 valence electrons. The van der Waals surface area contributed by atoms with Crippen LogP contribution in [0.2, 0.25) is 0 Å². The number of nitrogens with one attached hydrogen (secondary N) is 5. The van der Waals surface area contributed by atoms with Gasteiger partial charge in [0, 0.05) is 46.5 Å². The number of aromatic nitrogens is 1. The first-order chi connectivity index (χ1) is 32.6. The summed E-state index contributed by atoms with van der Waals surface area (Å²) in [5.41, 5.74) is -1.09. The monoisotopic (exact) mass is 956 g/mol. The van der Waals surface area contributed by atoms with Crippen molar-refractivity contribution >= 4 is 59.5 Å². The minimum absolute atomic E-state index is 0.0140. The third kappa shape index (κ3) is 18.0. The Kier molecular flexibility index (Phi) is 19.8. The molecule has 1 fully saturated rings. The average Bonchev–Trinajstić information content (AvgIpc) is 4.12. The van der Waals surface area contributed by atoms with Gasteiger partial charge >= 0.3 is 30.1 Å². The van der Waals surface area contributed by atoms with Crippen LogP contribution in [0.25, 0.3) is 17.2 Å². The van der Waals surface area contributed by atoms with Crippen LogP contribution >= 0.6 is 0 Å². The molecule has 4 amide bonds. The first kappa shape index (κ1) is 54.3. The quantitative estimate of drug-likeness (QED) is 0.0159. The predicted molar refractivity (Wildman–Crippen MR) is 256 cm³/mol. The largest absolute Gasteiger partial charge is 0.496 e. The molecule has 1 unspecified atom stereocenters. The van der Waals surface area contributed by atoms with Crippen LogP contribution in [-0.4, -0.2) is 97.0 Å². The van der Waals surface area contributed by atoms with E-state index in [4.69, 9.17) is 33.8 Å². The van der Waals surface area contributed by atoms with Crippen LogP contribution in [0.15, 0.2) is 55.1 Å². The van der Waals surface area contributed by atoms with Crippen molar-refractivity contribution in [2.45, 2.75) is 117 Å². The van der Waals surface area contributed by atoms with E-state index in [2.05, 4.69) is 39.8 Å². The van der Waals surface area contributed by atoms with Gasteiger partial charge in [-0.1, -0.05) is 38.8 Å². The van der Waals surface area contributed by atoms with E-state index in [9.17, 15) is 33.6 Å². The summed E-state index contributed by atoms with van der Waals surface area (Å²) >= 11 is 0. The van der Waals surface area contributed by atoms with Crippen molar-refractivity contribution in [1.29, 1.82) is 5.41 Å². The fourth-order valence-corrected chi connectivity index (χ4v) is 6.44. The maximum Gasteiger partial charge on any atom is 0.412 e. The number of amides is 4. The molecule has 5 N–H and O–H groups in total. The van der Waals surface area contributed by atoms with Gasteiger partial charge in [-0.05, 0) is 122 Å². The van der Waals surface area contributed by atoms with E-state index in [1.54, 1.807) is 41.5 Å². The van der Waals surface area contributed by atoms with Gasteiger partial charge in [-0.25, -0.2) is 24.2 Å². The van der Waals surface area contributed by atoms with Gasteiger partial charge in [0.25, 0.3) is 11.8 Å². The van der Waals surface area contributed by atoms with Crippen molar-refractivity contribution in [3.05, 3.63) is 83.2 Å². The molecule has 1 aliphatic rings. The highest BCUT2D eigenvalue weighted by Gasteiger charge is 2.30. The van der Waals surface area contributed by atoms with Crippen LogP contribution in [0.4, 0.5) is 15.3 Å². The third-order valence-electron chi connectivity index (χ3n) is 10.0. The number of hydrogen-bond donors (Lipinski definition) is 5. The van der Waals surface area contributed by atoms with Crippen LogP contribution in [-0.2, 0) is 33.3 Å². The van der Waals surface area contributed by atoms with Gasteiger partial charge in [0.1, 0.15) is 34.5 Å². The zero-order valence-corrected chi connectivity index (χ0v) is 40.6. The van der Waals surface area contributed by atoms with E-state index in [-0.39, 0.29) is 53.4 Å². The van der Waals surface area contributed by atoms with Crippen molar-refractivity contribution in [1.82, 2.24) is 20.9 Å². The van der Waals surface area contributed by atoms with Crippen LogP contribution < -0.4 is 26.0 Å². The first-order valence-electron chi connectivity index (χ1n) is 22.7. The van der Waals surface area contributed by atoms with E-state index in [1.807, 2.05) is 0 Å². The van der Waals surface area contributed by atoms with Crippen LogP contribution in [0.1, 0.15) is 142 Å². The average molecular weight is 957 g/mol. The standard InChI is InChI=1S/C50H64N6O13/c1-10-12-13-14-25-65-47(62)56-42(51)32-17-19-33(20-18-32)53-43(58)36-26-31(11-2)39(64-9)27-35(36)34-21-22-37(44(59)52-28-30-15-16-30)54-41(34)46(61)67-29-66-45(60)38(55-48(63)69-50(6,7)8)23-24-40(57)68-49(3,4)5/h11,17-22,26-27,30,38H,2,10,12-16,23-25,28-29H2,1,3-9H3,(H,52,59)(H,53,58)(H,55,63)(H2,51,56,62).